The predicted octanol–water partition coefficient (Wildman–Crippen LogP) is 4.30. The maximum absolute atomic E-state index is 13.4. The molecule has 2 N–H and O–H groups in total. The molecule has 2 atom stereocenters. The Morgan fingerprint density at radius 1 is 1.22 bits per heavy atom. The van der Waals surface area contributed by atoms with Crippen LogP contribution in [0.5, 0.6) is 11.5 Å². The minimum Gasteiger partial charge on any atom is -0.497 e. The lowest BCUT2D eigenvalue weighted by molar-refractivity contribution is -0.116. The number of aromatic nitrogens is 3. The largest absolute Gasteiger partial charge is 0.497 e. The van der Waals surface area contributed by atoms with Crippen LogP contribution >= 0.6 is 23.4 Å². The SMILES string of the molecule is CCCc1nnc2n1N[C@@H](c1ccc(OC)c(Cl)c1)[C@@H](C(=O)Nc1cccc(OC)c1)S2. The number of ether oxygens (including phenoxy) is 2. The van der Waals surface area contributed by atoms with Gasteiger partial charge in [0.25, 0.3) is 0 Å². The molecule has 0 aliphatic carbocycles. The number of hydrogen-bond donors (Lipinski definition) is 2. The van der Waals surface area contributed by atoms with Gasteiger partial charge >= 0.3 is 0 Å². The number of carbonyl (C=O) groups excluding carboxylic acids is 1. The molecule has 1 aliphatic rings. The van der Waals surface area contributed by atoms with Crippen LogP contribution in [0.1, 0.15) is 30.8 Å². The van der Waals surface area contributed by atoms with Gasteiger partial charge in [0.15, 0.2) is 5.82 Å². The summed E-state index contributed by atoms with van der Waals surface area (Å²) in [4.78, 5) is 13.4. The highest BCUT2D eigenvalue weighted by Crippen LogP contribution is 2.39. The summed E-state index contributed by atoms with van der Waals surface area (Å²) in [6, 6.07) is 12.4. The van der Waals surface area contributed by atoms with Crippen molar-refractivity contribution in [1.82, 2.24) is 14.9 Å². The molecular weight excluding hydrogens is 450 g/mol. The summed E-state index contributed by atoms with van der Waals surface area (Å²) < 4.78 is 12.4. The van der Waals surface area contributed by atoms with Gasteiger partial charge in [0.1, 0.15) is 16.7 Å². The molecule has 0 spiro atoms. The number of fused-ring (bicyclic) bond motifs is 1. The Balaban J connectivity index is 1.68. The van der Waals surface area contributed by atoms with E-state index in [2.05, 4.69) is 27.9 Å². The van der Waals surface area contributed by atoms with Crippen LogP contribution in [0.4, 0.5) is 5.69 Å². The van der Waals surface area contributed by atoms with Gasteiger partial charge < -0.3 is 20.2 Å². The second-order valence-corrected chi connectivity index (χ2v) is 8.76. The van der Waals surface area contributed by atoms with Crippen LogP contribution in [0, 0.1) is 0 Å². The fraction of sp³-hybridized carbons (Fsp3) is 0.318. The molecule has 10 heteroatoms. The van der Waals surface area contributed by atoms with Gasteiger partial charge in [-0.15, -0.1) is 10.2 Å². The fourth-order valence-corrected chi connectivity index (χ4v) is 4.89. The topological polar surface area (TPSA) is 90.3 Å². The van der Waals surface area contributed by atoms with E-state index in [-0.39, 0.29) is 11.9 Å². The molecule has 3 aromatic rings. The third-order valence-corrected chi connectivity index (χ3v) is 6.62. The van der Waals surface area contributed by atoms with E-state index in [0.29, 0.717) is 27.4 Å². The molecular formula is C22H24ClN5O3S. The number of thioether (sulfide) groups is 1. The molecule has 2 aromatic carbocycles. The Morgan fingerprint density at radius 2 is 2.06 bits per heavy atom. The van der Waals surface area contributed by atoms with Crippen LogP contribution in [0.2, 0.25) is 5.02 Å². The number of nitrogens with zero attached hydrogens (tertiary/aromatic N) is 3. The Morgan fingerprint density at radius 3 is 2.78 bits per heavy atom. The smallest absolute Gasteiger partial charge is 0.240 e. The molecule has 1 aliphatic heterocycles. The van der Waals surface area contributed by atoms with Crippen molar-refractivity contribution < 1.29 is 14.3 Å². The predicted molar refractivity (Wildman–Crippen MR) is 125 cm³/mol. The summed E-state index contributed by atoms with van der Waals surface area (Å²) in [6.45, 7) is 2.09. The highest BCUT2D eigenvalue weighted by molar-refractivity contribution is 8.00. The highest BCUT2D eigenvalue weighted by atomic mass is 35.5. The summed E-state index contributed by atoms with van der Waals surface area (Å²) >= 11 is 7.76. The first-order chi connectivity index (χ1) is 15.5. The number of aryl methyl sites for hydroxylation is 1. The summed E-state index contributed by atoms with van der Waals surface area (Å²) in [5.41, 5.74) is 4.95. The first kappa shape index (κ1) is 22.3. The van der Waals surface area contributed by atoms with Gasteiger partial charge in [-0.1, -0.05) is 42.4 Å². The lowest BCUT2D eigenvalue weighted by Gasteiger charge is -2.33. The van der Waals surface area contributed by atoms with Crippen molar-refractivity contribution in [3.8, 4) is 11.5 Å². The standard InChI is InChI=1S/C22H24ClN5O3S/c1-4-6-18-25-26-22-28(18)27-19(13-9-10-17(31-3)16(23)11-13)20(32-22)21(29)24-14-7-5-8-15(12-14)30-2/h5,7-12,19-20,27H,4,6H2,1-3H3,(H,24,29)/t19-,20-/m0/s1. The zero-order valence-corrected chi connectivity index (χ0v) is 19.5. The molecule has 2 heterocycles. The molecule has 1 aromatic heterocycles. The number of amides is 1. The highest BCUT2D eigenvalue weighted by Gasteiger charge is 2.38. The summed E-state index contributed by atoms with van der Waals surface area (Å²) in [7, 11) is 3.16. The molecule has 0 unspecified atom stereocenters. The van der Waals surface area contributed by atoms with Crippen molar-refractivity contribution in [1.29, 1.82) is 0 Å². The number of rotatable bonds is 7. The Kier molecular flexibility index (Phi) is 6.76. The van der Waals surface area contributed by atoms with E-state index in [1.165, 1.54) is 11.8 Å². The van der Waals surface area contributed by atoms with Gasteiger partial charge in [-0.25, -0.2) is 4.68 Å². The number of benzene rings is 2. The molecule has 8 nitrogen and oxygen atoms in total. The second kappa shape index (κ2) is 9.70. The number of halogens is 1. The molecule has 4 rings (SSSR count). The van der Waals surface area contributed by atoms with Gasteiger partial charge in [-0.3, -0.25) is 4.79 Å². The van der Waals surface area contributed by atoms with Crippen molar-refractivity contribution in [3.63, 3.8) is 0 Å². The average molecular weight is 474 g/mol. The van der Waals surface area contributed by atoms with E-state index in [4.69, 9.17) is 21.1 Å². The van der Waals surface area contributed by atoms with Crippen molar-refractivity contribution in [2.24, 2.45) is 0 Å². The number of carbonyl (C=O) groups is 1. The molecule has 0 saturated carbocycles. The third kappa shape index (κ3) is 4.49. The van der Waals surface area contributed by atoms with Crippen LogP contribution in [0.3, 0.4) is 0 Å². The second-order valence-electron chi connectivity index (χ2n) is 7.24. The number of methoxy groups -OCH3 is 2. The number of hydrogen-bond acceptors (Lipinski definition) is 7. The monoisotopic (exact) mass is 473 g/mol. The Labute approximate surface area is 195 Å². The van der Waals surface area contributed by atoms with Crippen LogP contribution < -0.4 is 20.2 Å². The minimum atomic E-state index is -0.517. The zero-order chi connectivity index (χ0) is 22.7. The first-order valence-electron chi connectivity index (χ1n) is 10.2. The van der Waals surface area contributed by atoms with E-state index in [1.54, 1.807) is 26.4 Å². The van der Waals surface area contributed by atoms with Crippen LogP contribution in [0.15, 0.2) is 47.6 Å². The van der Waals surface area contributed by atoms with Crippen LogP contribution in [-0.2, 0) is 11.2 Å². The van der Waals surface area contributed by atoms with Crippen molar-refractivity contribution in [2.75, 3.05) is 25.0 Å². The molecule has 0 bridgehead atoms. The van der Waals surface area contributed by atoms with Crippen molar-refractivity contribution >= 4 is 35.0 Å². The normalized spacial score (nSPS) is 17.2. The Bertz CT molecular complexity index is 1120. The van der Waals surface area contributed by atoms with E-state index in [1.807, 2.05) is 35.0 Å². The molecule has 168 valence electrons. The van der Waals surface area contributed by atoms with E-state index in [0.717, 1.165) is 24.2 Å². The van der Waals surface area contributed by atoms with Gasteiger partial charge in [0, 0.05) is 18.2 Å². The van der Waals surface area contributed by atoms with Gasteiger partial charge in [0.2, 0.25) is 11.1 Å². The summed E-state index contributed by atoms with van der Waals surface area (Å²) in [6.07, 6.45) is 1.71. The zero-order valence-electron chi connectivity index (χ0n) is 18.0. The average Bonchev–Trinajstić information content (AvgIpc) is 3.20. The van der Waals surface area contributed by atoms with E-state index in [9.17, 15) is 4.79 Å². The summed E-state index contributed by atoms with van der Waals surface area (Å²) in [5.74, 6) is 1.90. The molecule has 0 fully saturated rings. The third-order valence-electron chi connectivity index (χ3n) is 5.11. The maximum Gasteiger partial charge on any atom is 0.240 e. The maximum atomic E-state index is 13.4. The van der Waals surface area contributed by atoms with E-state index < -0.39 is 5.25 Å². The molecule has 1 amide bonds. The number of anilines is 1. The summed E-state index contributed by atoms with van der Waals surface area (Å²) in [5, 5.41) is 12.2. The lowest BCUT2D eigenvalue weighted by atomic mass is 10.0. The quantitative estimate of drug-likeness (QED) is 0.528. The Hall–Kier alpha value is -2.91. The lowest BCUT2D eigenvalue weighted by Crippen LogP contribution is -2.41. The fourth-order valence-electron chi connectivity index (χ4n) is 3.52. The van der Waals surface area contributed by atoms with Crippen LogP contribution in [-0.4, -0.2) is 40.3 Å². The molecule has 0 saturated heterocycles. The van der Waals surface area contributed by atoms with Gasteiger partial charge in [0.05, 0.1) is 25.3 Å². The minimum absolute atomic E-state index is 0.168. The molecule has 32 heavy (non-hydrogen) atoms. The van der Waals surface area contributed by atoms with Crippen molar-refractivity contribution in [2.45, 2.75) is 36.2 Å². The molecule has 0 radical (unpaired) electrons. The van der Waals surface area contributed by atoms with Gasteiger partial charge in [-0.05, 0) is 36.2 Å². The van der Waals surface area contributed by atoms with Gasteiger partial charge in [-0.2, -0.15) is 0 Å². The first-order valence-corrected chi connectivity index (χ1v) is 11.5. The number of nitrogens with one attached hydrogen (secondary N) is 2. The van der Waals surface area contributed by atoms with Crippen LogP contribution in [0.25, 0.3) is 0 Å². The van der Waals surface area contributed by atoms with E-state index >= 15 is 0 Å². The van der Waals surface area contributed by atoms with Crippen molar-refractivity contribution in [3.05, 3.63) is 58.9 Å².